The number of nitrogens with zero attached hydrogens (tertiary/aromatic N) is 1. The minimum Gasteiger partial charge on any atom is -0.455 e. The van der Waals surface area contributed by atoms with E-state index in [1.54, 1.807) is 12.3 Å². The van der Waals surface area contributed by atoms with E-state index in [-0.39, 0.29) is 0 Å². The van der Waals surface area contributed by atoms with Crippen LogP contribution in [0, 0.1) is 0 Å². The van der Waals surface area contributed by atoms with Gasteiger partial charge in [-0.3, -0.25) is 4.98 Å². The first-order valence-corrected chi connectivity index (χ1v) is 8.13. The fourth-order valence-electron chi connectivity index (χ4n) is 2.08. The zero-order valence-electron chi connectivity index (χ0n) is 10.8. The van der Waals surface area contributed by atoms with Gasteiger partial charge in [0.05, 0.1) is 5.02 Å². The summed E-state index contributed by atoms with van der Waals surface area (Å²) in [6.07, 6.45) is 1.72. The third-order valence-electron chi connectivity index (χ3n) is 3.11. The van der Waals surface area contributed by atoms with Gasteiger partial charge in [0.1, 0.15) is 11.3 Å². The van der Waals surface area contributed by atoms with Crippen LogP contribution in [0.4, 0.5) is 0 Å². The zero-order valence-corrected chi connectivity index (χ0v) is 13.9. The quantitative estimate of drug-likeness (QED) is 0.501. The topological polar surface area (TPSA) is 22.1 Å². The highest BCUT2D eigenvalue weighted by Crippen LogP contribution is 2.36. The van der Waals surface area contributed by atoms with Crippen molar-refractivity contribution in [2.45, 2.75) is 5.33 Å². The van der Waals surface area contributed by atoms with Crippen LogP contribution in [0.25, 0.3) is 10.9 Å². The Morgan fingerprint density at radius 2 is 1.81 bits per heavy atom. The Morgan fingerprint density at radius 3 is 2.62 bits per heavy atom. The van der Waals surface area contributed by atoms with Gasteiger partial charge in [0.25, 0.3) is 0 Å². The van der Waals surface area contributed by atoms with Crippen molar-refractivity contribution in [3.63, 3.8) is 0 Å². The van der Waals surface area contributed by atoms with E-state index in [1.807, 2.05) is 36.4 Å². The molecule has 0 spiro atoms. The third kappa shape index (κ3) is 2.86. The predicted molar refractivity (Wildman–Crippen MR) is 90.9 cm³/mol. The molecule has 3 aromatic rings. The summed E-state index contributed by atoms with van der Waals surface area (Å²) >= 11 is 15.8. The molecule has 1 aromatic heterocycles. The Morgan fingerprint density at radius 1 is 0.952 bits per heavy atom. The minimum atomic E-state index is 0.612. The van der Waals surface area contributed by atoms with Gasteiger partial charge < -0.3 is 4.74 Å². The van der Waals surface area contributed by atoms with Crippen LogP contribution in [0.3, 0.4) is 0 Å². The van der Waals surface area contributed by atoms with Crippen LogP contribution in [0.15, 0.2) is 48.7 Å². The Kier molecular flexibility index (Phi) is 4.34. The summed E-state index contributed by atoms with van der Waals surface area (Å²) in [6.45, 7) is 0. The van der Waals surface area contributed by atoms with Gasteiger partial charge in [-0.15, -0.1) is 0 Å². The molecule has 106 valence electrons. The summed E-state index contributed by atoms with van der Waals surface area (Å²) in [5.74, 6) is 1.35. The molecule has 3 rings (SSSR count). The molecule has 0 aliphatic rings. The molecule has 2 nitrogen and oxygen atoms in total. The summed E-state index contributed by atoms with van der Waals surface area (Å²) in [7, 11) is 0. The maximum absolute atomic E-state index is 6.19. The SMILES string of the molecule is Clc1cccc(Oc2ccc(Cl)c3cccnc23)c1CBr. The van der Waals surface area contributed by atoms with Gasteiger partial charge in [-0.05, 0) is 36.4 Å². The van der Waals surface area contributed by atoms with Gasteiger partial charge in [0, 0.05) is 27.5 Å². The normalized spacial score (nSPS) is 10.8. The lowest BCUT2D eigenvalue weighted by atomic mass is 10.2. The fourth-order valence-corrected chi connectivity index (χ4v) is 3.26. The lowest BCUT2D eigenvalue weighted by molar-refractivity contribution is 0.483. The number of rotatable bonds is 3. The molecule has 1 heterocycles. The monoisotopic (exact) mass is 381 g/mol. The molecule has 0 aliphatic heterocycles. The molecule has 0 saturated heterocycles. The first-order chi connectivity index (χ1) is 10.2. The van der Waals surface area contributed by atoms with E-state index in [1.165, 1.54) is 0 Å². The van der Waals surface area contributed by atoms with Crippen molar-refractivity contribution in [1.82, 2.24) is 4.98 Å². The van der Waals surface area contributed by atoms with Crippen molar-refractivity contribution in [2.75, 3.05) is 0 Å². The molecule has 0 fully saturated rings. The number of fused-ring (bicyclic) bond motifs is 1. The third-order valence-corrected chi connectivity index (χ3v) is 4.35. The molecule has 21 heavy (non-hydrogen) atoms. The number of halogens is 3. The van der Waals surface area contributed by atoms with Crippen LogP contribution >= 0.6 is 39.1 Å². The summed E-state index contributed by atoms with van der Waals surface area (Å²) in [5, 5.41) is 2.79. The van der Waals surface area contributed by atoms with E-state index in [2.05, 4.69) is 20.9 Å². The largest absolute Gasteiger partial charge is 0.455 e. The summed E-state index contributed by atoms with van der Waals surface area (Å²) in [4.78, 5) is 4.36. The van der Waals surface area contributed by atoms with Gasteiger partial charge in [0.15, 0.2) is 5.75 Å². The minimum absolute atomic E-state index is 0.612. The van der Waals surface area contributed by atoms with E-state index in [0.717, 1.165) is 16.5 Å². The number of hydrogen-bond donors (Lipinski definition) is 0. The van der Waals surface area contributed by atoms with Gasteiger partial charge in [0.2, 0.25) is 0 Å². The maximum atomic E-state index is 6.19. The lowest BCUT2D eigenvalue weighted by Gasteiger charge is -2.12. The summed E-state index contributed by atoms with van der Waals surface area (Å²) in [6, 6.07) is 13.0. The first kappa shape index (κ1) is 14.6. The second-order valence-electron chi connectivity index (χ2n) is 4.40. The highest BCUT2D eigenvalue weighted by atomic mass is 79.9. The molecular formula is C16H10BrCl2NO. The van der Waals surface area contributed by atoms with Crippen molar-refractivity contribution in [2.24, 2.45) is 0 Å². The molecule has 0 aliphatic carbocycles. The molecule has 0 amide bonds. The van der Waals surface area contributed by atoms with Crippen LogP contribution in [0.1, 0.15) is 5.56 Å². The van der Waals surface area contributed by atoms with E-state index in [9.17, 15) is 0 Å². The van der Waals surface area contributed by atoms with Crippen LogP contribution in [0.2, 0.25) is 10.0 Å². The van der Waals surface area contributed by atoms with E-state index >= 15 is 0 Å². The Balaban J connectivity index is 2.11. The molecular weight excluding hydrogens is 373 g/mol. The van der Waals surface area contributed by atoms with Crippen molar-refractivity contribution < 1.29 is 4.74 Å². The molecule has 0 saturated carbocycles. The number of alkyl halides is 1. The highest BCUT2D eigenvalue weighted by Gasteiger charge is 2.11. The molecule has 5 heteroatoms. The Labute approximate surface area is 140 Å². The molecule has 0 radical (unpaired) electrons. The van der Waals surface area contributed by atoms with Gasteiger partial charge in [-0.25, -0.2) is 0 Å². The molecule has 0 unspecified atom stereocenters. The molecule has 2 aromatic carbocycles. The van der Waals surface area contributed by atoms with Crippen molar-refractivity contribution in [1.29, 1.82) is 0 Å². The van der Waals surface area contributed by atoms with E-state index in [0.29, 0.717) is 26.9 Å². The molecule has 0 atom stereocenters. The van der Waals surface area contributed by atoms with Gasteiger partial charge >= 0.3 is 0 Å². The van der Waals surface area contributed by atoms with Crippen LogP contribution < -0.4 is 4.74 Å². The van der Waals surface area contributed by atoms with E-state index in [4.69, 9.17) is 27.9 Å². The predicted octanol–water partition coefficient (Wildman–Crippen LogP) is 6.23. The van der Waals surface area contributed by atoms with Crippen molar-refractivity contribution >= 4 is 50.0 Å². The van der Waals surface area contributed by atoms with E-state index < -0.39 is 0 Å². The number of pyridine rings is 1. The molecule has 0 bridgehead atoms. The van der Waals surface area contributed by atoms with Crippen molar-refractivity contribution in [3.05, 3.63) is 64.3 Å². The maximum Gasteiger partial charge on any atom is 0.153 e. The van der Waals surface area contributed by atoms with Gasteiger partial charge in [-0.2, -0.15) is 0 Å². The first-order valence-electron chi connectivity index (χ1n) is 6.25. The standard InChI is InChI=1S/C16H10BrCl2NO/c17-9-11-12(18)4-1-5-14(11)21-15-7-6-13(19)10-3-2-8-20-16(10)15/h1-8H,9H2. The fraction of sp³-hybridized carbons (Fsp3) is 0.0625. The van der Waals surface area contributed by atoms with Crippen LogP contribution in [0.5, 0.6) is 11.5 Å². The molecule has 0 N–H and O–H groups in total. The van der Waals surface area contributed by atoms with Gasteiger partial charge in [-0.1, -0.05) is 45.2 Å². The number of benzene rings is 2. The Hall–Kier alpha value is -1.29. The van der Waals surface area contributed by atoms with Crippen LogP contribution in [-0.2, 0) is 5.33 Å². The average molecular weight is 383 g/mol. The lowest BCUT2D eigenvalue weighted by Crippen LogP contribution is -1.92. The average Bonchev–Trinajstić information content (AvgIpc) is 2.51. The summed E-state index contributed by atoms with van der Waals surface area (Å²) < 4.78 is 6.01. The second kappa shape index (κ2) is 6.22. The number of hydrogen-bond acceptors (Lipinski definition) is 2. The van der Waals surface area contributed by atoms with Crippen molar-refractivity contribution in [3.8, 4) is 11.5 Å². The number of aromatic nitrogens is 1. The second-order valence-corrected chi connectivity index (χ2v) is 5.77. The zero-order chi connectivity index (χ0) is 14.8. The Bertz CT molecular complexity index is 807. The number of ether oxygens (including phenoxy) is 1. The highest BCUT2D eigenvalue weighted by molar-refractivity contribution is 9.08. The van der Waals surface area contributed by atoms with Crippen LogP contribution in [-0.4, -0.2) is 4.98 Å². The smallest absolute Gasteiger partial charge is 0.153 e. The summed E-state index contributed by atoms with van der Waals surface area (Å²) in [5.41, 5.74) is 1.63.